The fourth-order valence-electron chi connectivity index (χ4n) is 4.92. The van der Waals surface area contributed by atoms with Gasteiger partial charge in [0.05, 0.1) is 23.9 Å². The van der Waals surface area contributed by atoms with E-state index in [9.17, 15) is 9.59 Å². The second-order valence-corrected chi connectivity index (χ2v) is 9.26. The normalized spacial score (nSPS) is 13.9. The monoisotopic (exact) mass is 479 g/mol. The van der Waals surface area contributed by atoms with E-state index < -0.39 is 5.97 Å². The number of hydrogen-bond donors (Lipinski definition) is 0. The summed E-state index contributed by atoms with van der Waals surface area (Å²) in [6.45, 7) is -0.309. The van der Waals surface area contributed by atoms with E-state index in [4.69, 9.17) is 14.5 Å². The van der Waals surface area contributed by atoms with Gasteiger partial charge in [-0.25, -0.2) is 9.78 Å². The van der Waals surface area contributed by atoms with Gasteiger partial charge in [-0.3, -0.25) is 4.79 Å². The van der Waals surface area contributed by atoms with Crippen LogP contribution in [-0.4, -0.2) is 30.5 Å². The van der Waals surface area contributed by atoms with Crippen LogP contribution in [0.25, 0.3) is 22.2 Å². The topological polar surface area (TPSA) is 65.5 Å². The predicted octanol–water partition coefficient (Wildman–Crippen LogP) is 7.00. The number of rotatable bonds is 7. The standard InChI is InChI=1S/C31H29NO4/c1-35-25-17-15-23(16-18-25)29-19-27(26-9-5-6-10-28(26)32-29)31(34)36-20-30(33)24-13-11-22(12-14-24)21-7-3-2-4-8-21/h5-6,9-19,21H,2-4,7-8,20H2,1H3. The Kier molecular flexibility index (Phi) is 7.08. The number of aromatic nitrogens is 1. The van der Waals surface area contributed by atoms with Crippen LogP contribution in [0.1, 0.15) is 64.3 Å². The molecule has 3 aromatic carbocycles. The number of Topliss-reactive ketones (excluding diaryl/α,β-unsaturated/α-hetero) is 1. The number of nitrogens with zero attached hydrogens (tertiary/aromatic N) is 1. The summed E-state index contributed by atoms with van der Waals surface area (Å²) in [5.41, 5.74) is 4.41. The van der Waals surface area contributed by atoms with E-state index in [1.807, 2.05) is 72.8 Å². The number of carbonyl (C=O) groups is 2. The summed E-state index contributed by atoms with van der Waals surface area (Å²) in [5, 5.41) is 0.684. The molecule has 1 aliphatic carbocycles. The zero-order chi connectivity index (χ0) is 24.9. The van der Waals surface area contributed by atoms with Gasteiger partial charge in [-0.15, -0.1) is 0 Å². The fraction of sp³-hybridized carbons (Fsp3) is 0.258. The molecule has 1 fully saturated rings. The number of esters is 1. The molecule has 0 bridgehead atoms. The summed E-state index contributed by atoms with van der Waals surface area (Å²) in [6.07, 6.45) is 6.27. The molecule has 5 heteroatoms. The van der Waals surface area contributed by atoms with Crippen molar-refractivity contribution in [1.29, 1.82) is 0 Å². The van der Waals surface area contributed by atoms with Gasteiger partial charge in [0.2, 0.25) is 0 Å². The number of para-hydroxylation sites is 1. The molecule has 0 N–H and O–H groups in total. The van der Waals surface area contributed by atoms with Crippen LogP contribution in [0.5, 0.6) is 5.75 Å². The van der Waals surface area contributed by atoms with E-state index >= 15 is 0 Å². The van der Waals surface area contributed by atoms with Gasteiger partial charge < -0.3 is 9.47 Å². The number of benzene rings is 3. The van der Waals surface area contributed by atoms with E-state index in [0.717, 1.165) is 11.3 Å². The van der Waals surface area contributed by atoms with Crippen LogP contribution < -0.4 is 4.74 Å². The first-order chi connectivity index (χ1) is 17.6. The molecule has 1 aromatic heterocycles. The lowest BCUT2D eigenvalue weighted by molar-refractivity contribution is 0.0476. The molecule has 5 nitrogen and oxygen atoms in total. The van der Waals surface area contributed by atoms with E-state index in [1.54, 1.807) is 13.2 Å². The van der Waals surface area contributed by atoms with Crippen LogP contribution >= 0.6 is 0 Å². The van der Waals surface area contributed by atoms with Crippen LogP contribution in [0.15, 0.2) is 78.9 Å². The van der Waals surface area contributed by atoms with Gasteiger partial charge >= 0.3 is 5.97 Å². The summed E-state index contributed by atoms with van der Waals surface area (Å²) in [6, 6.07) is 24.4. The maximum Gasteiger partial charge on any atom is 0.339 e. The molecule has 4 aromatic rings. The van der Waals surface area contributed by atoms with Crippen LogP contribution in [0.3, 0.4) is 0 Å². The Bertz CT molecular complexity index is 1370. The van der Waals surface area contributed by atoms with Gasteiger partial charge in [0, 0.05) is 16.5 Å². The van der Waals surface area contributed by atoms with E-state index in [2.05, 4.69) is 0 Å². The molecule has 1 heterocycles. The van der Waals surface area contributed by atoms with E-state index in [0.29, 0.717) is 33.6 Å². The summed E-state index contributed by atoms with van der Waals surface area (Å²) in [4.78, 5) is 30.6. The third-order valence-electron chi connectivity index (χ3n) is 6.97. The zero-order valence-corrected chi connectivity index (χ0v) is 20.4. The highest BCUT2D eigenvalue weighted by molar-refractivity contribution is 6.06. The molecule has 0 spiro atoms. The van der Waals surface area contributed by atoms with Crippen molar-refractivity contribution >= 4 is 22.7 Å². The molecule has 0 saturated heterocycles. The Morgan fingerprint density at radius 1 is 0.889 bits per heavy atom. The lowest BCUT2D eigenvalue weighted by atomic mass is 9.84. The average molecular weight is 480 g/mol. The maximum absolute atomic E-state index is 13.1. The van der Waals surface area contributed by atoms with Crippen LogP contribution in [0.2, 0.25) is 0 Å². The fourth-order valence-corrected chi connectivity index (χ4v) is 4.92. The smallest absolute Gasteiger partial charge is 0.339 e. The number of ether oxygens (including phenoxy) is 2. The molecule has 1 saturated carbocycles. The van der Waals surface area contributed by atoms with Gasteiger partial charge in [-0.2, -0.15) is 0 Å². The third kappa shape index (κ3) is 5.15. The van der Waals surface area contributed by atoms with Gasteiger partial charge in [0.15, 0.2) is 12.4 Å². The molecule has 0 amide bonds. The second-order valence-electron chi connectivity index (χ2n) is 9.26. The van der Waals surface area contributed by atoms with Crippen molar-refractivity contribution in [2.24, 2.45) is 0 Å². The van der Waals surface area contributed by atoms with E-state index in [-0.39, 0.29) is 12.4 Å². The van der Waals surface area contributed by atoms with Gasteiger partial charge in [0.1, 0.15) is 5.75 Å². The lowest BCUT2D eigenvalue weighted by Crippen LogP contribution is -2.15. The first-order valence-corrected chi connectivity index (χ1v) is 12.5. The maximum atomic E-state index is 13.1. The number of carbonyl (C=O) groups excluding carboxylic acids is 2. The molecule has 0 aliphatic heterocycles. The molecule has 182 valence electrons. The van der Waals surface area contributed by atoms with Crippen LogP contribution in [0.4, 0.5) is 0 Å². The summed E-state index contributed by atoms with van der Waals surface area (Å²) < 4.78 is 10.7. The number of pyridine rings is 1. The van der Waals surface area contributed by atoms with Crippen molar-refractivity contribution < 1.29 is 19.1 Å². The number of hydrogen-bond acceptors (Lipinski definition) is 5. The Labute approximate surface area is 211 Å². The molecule has 1 aliphatic rings. The Balaban J connectivity index is 1.32. The van der Waals surface area contributed by atoms with Crippen molar-refractivity contribution in [3.05, 3.63) is 95.6 Å². The highest BCUT2D eigenvalue weighted by Crippen LogP contribution is 2.32. The SMILES string of the molecule is COc1ccc(-c2cc(C(=O)OCC(=O)c3ccc(C4CCCCC4)cc3)c3ccccc3n2)cc1. The van der Waals surface area contributed by atoms with Crippen molar-refractivity contribution in [3.63, 3.8) is 0 Å². The number of ketones is 1. The number of methoxy groups -OCH3 is 1. The second kappa shape index (κ2) is 10.7. The largest absolute Gasteiger partial charge is 0.497 e. The zero-order valence-electron chi connectivity index (χ0n) is 20.4. The molecule has 0 unspecified atom stereocenters. The summed E-state index contributed by atoms with van der Waals surface area (Å²) >= 11 is 0. The Morgan fingerprint density at radius 3 is 2.33 bits per heavy atom. The average Bonchev–Trinajstić information content (AvgIpc) is 2.95. The molecular formula is C31H29NO4. The predicted molar refractivity (Wildman–Crippen MR) is 141 cm³/mol. The van der Waals surface area contributed by atoms with Crippen molar-refractivity contribution in [3.8, 4) is 17.0 Å². The molecule has 0 atom stereocenters. The lowest BCUT2D eigenvalue weighted by Gasteiger charge is -2.22. The van der Waals surface area contributed by atoms with Crippen molar-refractivity contribution in [2.75, 3.05) is 13.7 Å². The minimum Gasteiger partial charge on any atom is -0.497 e. The quantitative estimate of drug-likeness (QED) is 0.211. The highest BCUT2D eigenvalue weighted by Gasteiger charge is 2.19. The van der Waals surface area contributed by atoms with Crippen molar-refractivity contribution in [2.45, 2.75) is 38.0 Å². The van der Waals surface area contributed by atoms with Gasteiger partial charge in [0.25, 0.3) is 0 Å². The van der Waals surface area contributed by atoms with Crippen molar-refractivity contribution in [1.82, 2.24) is 4.98 Å². The first kappa shape index (κ1) is 23.7. The molecule has 0 radical (unpaired) electrons. The van der Waals surface area contributed by atoms with Gasteiger partial charge in [-0.05, 0) is 60.7 Å². The van der Waals surface area contributed by atoms with Crippen LogP contribution in [0, 0.1) is 0 Å². The molecule has 5 rings (SSSR count). The number of fused-ring (bicyclic) bond motifs is 1. The Hall–Kier alpha value is -3.99. The van der Waals surface area contributed by atoms with Crippen LogP contribution in [-0.2, 0) is 4.74 Å². The minimum atomic E-state index is -0.546. The molecular weight excluding hydrogens is 450 g/mol. The minimum absolute atomic E-state index is 0.215. The molecule has 36 heavy (non-hydrogen) atoms. The van der Waals surface area contributed by atoms with Gasteiger partial charge in [-0.1, -0.05) is 61.7 Å². The summed E-state index contributed by atoms with van der Waals surface area (Å²) in [5.74, 6) is 0.563. The summed E-state index contributed by atoms with van der Waals surface area (Å²) in [7, 11) is 1.61. The highest BCUT2D eigenvalue weighted by atomic mass is 16.5. The third-order valence-corrected chi connectivity index (χ3v) is 6.97. The van der Waals surface area contributed by atoms with E-state index in [1.165, 1.54) is 37.7 Å². The first-order valence-electron chi connectivity index (χ1n) is 12.5. The Morgan fingerprint density at radius 2 is 1.61 bits per heavy atom.